The normalized spacial score (nSPS) is 10.0. The molecule has 3 heteroatoms. The summed E-state index contributed by atoms with van der Waals surface area (Å²) in [4.78, 5) is 10.6. The number of hydrogen-bond acceptors (Lipinski definition) is 3. The smallest absolute Gasteiger partial charge is 0.434 e. The molecule has 0 aliphatic rings. The predicted molar refractivity (Wildman–Crippen MR) is 46.5 cm³/mol. The molecular weight excluding hydrogens is 156 g/mol. The van der Waals surface area contributed by atoms with Crippen LogP contribution in [0.15, 0.2) is 0 Å². The van der Waals surface area contributed by atoms with Crippen LogP contribution in [0.2, 0.25) is 0 Å². The molecule has 1 radical (unpaired) electrons. The van der Waals surface area contributed by atoms with Gasteiger partial charge in [-0.3, -0.25) is 0 Å². The zero-order valence-electron chi connectivity index (χ0n) is 8.00. The van der Waals surface area contributed by atoms with Gasteiger partial charge in [-0.05, 0) is 25.7 Å². The minimum Gasteiger partial charge on any atom is -0.434 e. The van der Waals surface area contributed by atoms with Gasteiger partial charge < -0.3 is 9.47 Å². The van der Waals surface area contributed by atoms with Crippen LogP contribution in [0.1, 0.15) is 33.6 Å². The molecule has 0 aromatic carbocycles. The summed E-state index contributed by atoms with van der Waals surface area (Å²) in [6.45, 7) is 7.67. The van der Waals surface area contributed by atoms with Crippen molar-refractivity contribution in [3.05, 3.63) is 6.61 Å². The molecule has 0 fully saturated rings. The fraction of sp³-hybridized carbons (Fsp3) is 0.778. The Morgan fingerprint density at radius 3 is 2.67 bits per heavy atom. The largest absolute Gasteiger partial charge is 0.508 e. The zero-order valence-corrected chi connectivity index (χ0v) is 8.00. The summed E-state index contributed by atoms with van der Waals surface area (Å²) in [7, 11) is 0. The summed E-state index contributed by atoms with van der Waals surface area (Å²) in [5.74, 6) is 0.655. The molecule has 71 valence electrons. The molecule has 0 bridgehead atoms. The third kappa shape index (κ3) is 7.38. The van der Waals surface area contributed by atoms with Crippen molar-refractivity contribution < 1.29 is 14.3 Å². The van der Waals surface area contributed by atoms with Crippen LogP contribution < -0.4 is 0 Å². The lowest BCUT2D eigenvalue weighted by molar-refractivity contribution is 0.0728. The molecule has 0 spiro atoms. The van der Waals surface area contributed by atoms with E-state index in [4.69, 9.17) is 4.74 Å². The summed E-state index contributed by atoms with van der Waals surface area (Å²) >= 11 is 0. The second-order valence-corrected chi connectivity index (χ2v) is 2.99. The first-order chi connectivity index (χ1) is 5.66. The van der Waals surface area contributed by atoms with Gasteiger partial charge >= 0.3 is 6.16 Å². The van der Waals surface area contributed by atoms with Crippen molar-refractivity contribution in [1.82, 2.24) is 0 Å². The van der Waals surface area contributed by atoms with Crippen molar-refractivity contribution >= 4 is 6.16 Å². The molecule has 0 rings (SSSR count). The molecule has 0 aliphatic carbocycles. The predicted octanol–water partition coefficient (Wildman–Crippen LogP) is 2.76. The van der Waals surface area contributed by atoms with E-state index >= 15 is 0 Å². The molecule has 0 unspecified atom stereocenters. The summed E-state index contributed by atoms with van der Waals surface area (Å²) < 4.78 is 9.20. The summed E-state index contributed by atoms with van der Waals surface area (Å²) in [5.41, 5.74) is 0. The van der Waals surface area contributed by atoms with Crippen LogP contribution in [0.3, 0.4) is 0 Å². The standard InChI is InChI=1S/C9H17O3/c1-4-11-9(10)12-7-5-6-8(2)3/h4,8H,5-7H2,1-3H3. The van der Waals surface area contributed by atoms with Gasteiger partial charge in [0.2, 0.25) is 0 Å². The van der Waals surface area contributed by atoms with Crippen molar-refractivity contribution in [2.24, 2.45) is 5.92 Å². The fourth-order valence-corrected chi connectivity index (χ4v) is 0.777. The molecule has 0 aliphatic heterocycles. The van der Waals surface area contributed by atoms with E-state index in [1.54, 1.807) is 6.92 Å². The van der Waals surface area contributed by atoms with Gasteiger partial charge in [-0.25, -0.2) is 4.79 Å². The van der Waals surface area contributed by atoms with Gasteiger partial charge in [-0.15, -0.1) is 0 Å². The third-order valence-electron chi connectivity index (χ3n) is 1.36. The molecule has 0 saturated carbocycles. The molecule has 0 aromatic rings. The van der Waals surface area contributed by atoms with Crippen LogP contribution in [0.25, 0.3) is 0 Å². The summed E-state index contributed by atoms with van der Waals surface area (Å²) in [5, 5.41) is 0. The Hall–Kier alpha value is -0.730. The Balaban J connectivity index is 3.14. The number of rotatable bonds is 5. The first kappa shape index (κ1) is 11.3. The van der Waals surface area contributed by atoms with E-state index in [-0.39, 0.29) is 0 Å². The SMILES string of the molecule is C[CH]OC(=O)OCCCC(C)C. The first-order valence-electron chi connectivity index (χ1n) is 4.28. The number of ether oxygens (including phenoxy) is 2. The molecule has 12 heavy (non-hydrogen) atoms. The van der Waals surface area contributed by atoms with Gasteiger partial charge in [0.05, 0.1) is 6.61 Å². The quantitative estimate of drug-likeness (QED) is 0.473. The minimum absolute atomic E-state index is 0.449. The lowest BCUT2D eigenvalue weighted by Crippen LogP contribution is -2.06. The Morgan fingerprint density at radius 1 is 1.50 bits per heavy atom. The number of hydrogen-bond donors (Lipinski definition) is 0. The molecule has 0 amide bonds. The average molecular weight is 173 g/mol. The zero-order chi connectivity index (χ0) is 9.40. The Bertz CT molecular complexity index is 121. The van der Waals surface area contributed by atoms with E-state index in [2.05, 4.69) is 18.6 Å². The summed E-state index contributed by atoms with van der Waals surface area (Å²) in [6, 6.07) is 0. The van der Waals surface area contributed by atoms with E-state index in [1.807, 2.05) is 0 Å². The average Bonchev–Trinajstić information content (AvgIpc) is 1.98. The van der Waals surface area contributed by atoms with Gasteiger partial charge in [-0.2, -0.15) is 0 Å². The first-order valence-corrected chi connectivity index (χ1v) is 4.28. The van der Waals surface area contributed by atoms with Crippen molar-refractivity contribution in [1.29, 1.82) is 0 Å². The Morgan fingerprint density at radius 2 is 2.17 bits per heavy atom. The fourth-order valence-electron chi connectivity index (χ4n) is 0.777. The van der Waals surface area contributed by atoms with E-state index in [0.29, 0.717) is 12.5 Å². The van der Waals surface area contributed by atoms with Crippen LogP contribution >= 0.6 is 0 Å². The van der Waals surface area contributed by atoms with Crippen molar-refractivity contribution in [3.63, 3.8) is 0 Å². The van der Waals surface area contributed by atoms with Crippen LogP contribution in [0, 0.1) is 12.5 Å². The summed E-state index contributed by atoms with van der Waals surface area (Å²) in [6.07, 6.45) is 1.36. The second-order valence-electron chi connectivity index (χ2n) is 2.99. The monoisotopic (exact) mass is 173 g/mol. The Labute approximate surface area is 74.0 Å². The minimum atomic E-state index is -0.610. The van der Waals surface area contributed by atoms with E-state index < -0.39 is 6.16 Å². The lowest BCUT2D eigenvalue weighted by Gasteiger charge is -2.05. The molecule has 0 N–H and O–H groups in total. The van der Waals surface area contributed by atoms with Gasteiger partial charge in [0.25, 0.3) is 0 Å². The second kappa shape index (κ2) is 6.95. The maximum Gasteiger partial charge on any atom is 0.508 e. The van der Waals surface area contributed by atoms with Crippen molar-refractivity contribution in [3.8, 4) is 0 Å². The van der Waals surface area contributed by atoms with E-state index in [9.17, 15) is 4.79 Å². The molecule has 0 atom stereocenters. The highest BCUT2D eigenvalue weighted by atomic mass is 16.7. The highest BCUT2D eigenvalue weighted by Gasteiger charge is 2.01. The number of carbonyl (C=O) groups is 1. The molecule has 3 nitrogen and oxygen atoms in total. The van der Waals surface area contributed by atoms with E-state index in [1.165, 1.54) is 6.61 Å². The third-order valence-corrected chi connectivity index (χ3v) is 1.36. The maximum absolute atomic E-state index is 10.6. The highest BCUT2D eigenvalue weighted by molar-refractivity contribution is 5.60. The van der Waals surface area contributed by atoms with Crippen LogP contribution in [-0.2, 0) is 9.47 Å². The molecule has 0 saturated heterocycles. The van der Waals surface area contributed by atoms with Crippen LogP contribution in [-0.4, -0.2) is 12.8 Å². The van der Waals surface area contributed by atoms with Gasteiger partial charge in [0, 0.05) is 0 Å². The number of carbonyl (C=O) groups excluding carboxylic acids is 1. The van der Waals surface area contributed by atoms with Crippen molar-refractivity contribution in [2.45, 2.75) is 33.6 Å². The highest BCUT2D eigenvalue weighted by Crippen LogP contribution is 2.03. The molecular formula is C9H17O3. The maximum atomic E-state index is 10.6. The van der Waals surface area contributed by atoms with Crippen LogP contribution in [0.5, 0.6) is 0 Å². The van der Waals surface area contributed by atoms with Gasteiger partial charge in [0.1, 0.15) is 6.61 Å². The van der Waals surface area contributed by atoms with Gasteiger partial charge in [-0.1, -0.05) is 13.8 Å². The van der Waals surface area contributed by atoms with E-state index in [0.717, 1.165) is 12.8 Å². The lowest BCUT2D eigenvalue weighted by atomic mass is 10.1. The van der Waals surface area contributed by atoms with Crippen LogP contribution in [0.4, 0.5) is 4.79 Å². The topological polar surface area (TPSA) is 35.5 Å². The van der Waals surface area contributed by atoms with Crippen molar-refractivity contribution in [2.75, 3.05) is 6.61 Å². The van der Waals surface area contributed by atoms with Gasteiger partial charge in [0.15, 0.2) is 0 Å². The molecule has 0 heterocycles. The Kier molecular flexibility index (Phi) is 6.53. The molecule has 0 aromatic heterocycles.